The molecule has 4 heterocycles. The van der Waals surface area contributed by atoms with Crippen molar-refractivity contribution in [3.8, 4) is 22.8 Å². The second kappa shape index (κ2) is 7.23. The Morgan fingerprint density at radius 3 is 2.81 bits per heavy atom. The van der Waals surface area contributed by atoms with E-state index in [1.807, 2.05) is 7.05 Å². The molecule has 8 nitrogen and oxygen atoms in total. The van der Waals surface area contributed by atoms with E-state index in [0.29, 0.717) is 23.5 Å². The van der Waals surface area contributed by atoms with Gasteiger partial charge in [0.15, 0.2) is 17.5 Å². The van der Waals surface area contributed by atoms with Gasteiger partial charge in [0.2, 0.25) is 0 Å². The van der Waals surface area contributed by atoms with Crippen molar-refractivity contribution in [3.63, 3.8) is 0 Å². The summed E-state index contributed by atoms with van der Waals surface area (Å²) in [6, 6.07) is 4.30. The zero-order valence-corrected chi connectivity index (χ0v) is 17.2. The molecule has 10 heteroatoms. The molecule has 162 valence electrons. The van der Waals surface area contributed by atoms with Gasteiger partial charge in [-0.05, 0) is 38.3 Å². The van der Waals surface area contributed by atoms with Crippen molar-refractivity contribution in [2.75, 3.05) is 11.9 Å². The van der Waals surface area contributed by atoms with Crippen LogP contribution in [0.3, 0.4) is 0 Å². The van der Waals surface area contributed by atoms with E-state index in [2.05, 4.69) is 32.5 Å². The summed E-state index contributed by atoms with van der Waals surface area (Å²) in [4.78, 5) is 6.14. The normalized spacial score (nSPS) is 27.4. The van der Waals surface area contributed by atoms with E-state index in [1.165, 1.54) is 23.1 Å². The highest BCUT2D eigenvalue weighted by molar-refractivity contribution is 5.66. The summed E-state index contributed by atoms with van der Waals surface area (Å²) in [7, 11) is 1.81. The molecule has 1 aromatic carbocycles. The monoisotopic (exact) mass is 427 g/mol. The Morgan fingerprint density at radius 2 is 2.13 bits per heavy atom. The Balaban J connectivity index is 1.36. The van der Waals surface area contributed by atoms with Crippen LogP contribution in [0.1, 0.15) is 26.2 Å². The number of halogens is 2. The van der Waals surface area contributed by atoms with Crippen molar-refractivity contribution in [2.45, 2.75) is 50.0 Å². The first kappa shape index (κ1) is 19.8. The maximum absolute atomic E-state index is 15.0. The standard InChI is InChI=1S/C21H23F2N7O/c1-21-6-5-15(26-21)19(23)16(8-21)29(2)18-10-24-20(28-27-18)14-4-3-13(7-17(14)31)30-11-12(22)9-25-30/h3-4,7,9-11,15-16,19,26,31H,5-6,8H2,1-2H3/t15?,16-,19+,21-/m0/s1. The molecule has 2 saturated heterocycles. The number of fused-ring (bicyclic) bond motifs is 2. The highest BCUT2D eigenvalue weighted by atomic mass is 19.1. The number of benzene rings is 1. The van der Waals surface area contributed by atoms with Crippen LogP contribution in [0.2, 0.25) is 0 Å². The van der Waals surface area contributed by atoms with Gasteiger partial charge in [-0.2, -0.15) is 5.10 Å². The van der Waals surface area contributed by atoms with Gasteiger partial charge in [0, 0.05) is 24.7 Å². The van der Waals surface area contributed by atoms with Gasteiger partial charge in [-0.25, -0.2) is 18.4 Å². The van der Waals surface area contributed by atoms with Gasteiger partial charge < -0.3 is 15.3 Å². The number of piperidine rings is 1. The lowest BCUT2D eigenvalue weighted by Crippen LogP contribution is -2.60. The van der Waals surface area contributed by atoms with Crippen LogP contribution < -0.4 is 10.2 Å². The number of phenols is 1. The second-order valence-corrected chi connectivity index (χ2v) is 8.62. The summed E-state index contributed by atoms with van der Waals surface area (Å²) in [5.41, 5.74) is 0.823. The lowest BCUT2D eigenvalue weighted by Gasteiger charge is -2.43. The first-order valence-corrected chi connectivity index (χ1v) is 10.2. The molecular formula is C21H23F2N7O. The number of hydrogen-bond donors (Lipinski definition) is 2. The Bertz CT molecular complexity index is 1110. The number of anilines is 1. The summed E-state index contributed by atoms with van der Waals surface area (Å²) in [6.45, 7) is 2.14. The van der Waals surface area contributed by atoms with E-state index in [-0.39, 0.29) is 29.2 Å². The molecule has 2 aromatic heterocycles. The number of phenolic OH excluding ortho intramolecular Hbond substituents is 1. The number of aromatic nitrogens is 5. The minimum atomic E-state index is -0.995. The van der Waals surface area contributed by atoms with E-state index in [1.54, 1.807) is 17.0 Å². The van der Waals surface area contributed by atoms with Crippen molar-refractivity contribution in [1.82, 2.24) is 30.3 Å². The van der Waals surface area contributed by atoms with Gasteiger partial charge in [-0.1, -0.05) is 0 Å². The van der Waals surface area contributed by atoms with E-state index in [4.69, 9.17) is 0 Å². The third kappa shape index (κ3) is 3.50. The predicted molar refractivity (Wildman–Crippen MR) is 110 cm³/mol. The first-order chi connectivity index (χ1) is 14.8. The molecule has 0 amide bonds. The number of alkyl halides is 1. The molecule has 2 N–H and O–H groups in total. The molecule has 4 atom stereocenters. The number of rotatable bonds is 4. The zero-order valence-electron chi connectivity index (χ0n) is 17.2. The molecule has 2 aliphatic heterocycles. The molecule has 0 aliphatic carbocycles. The maximum Gasteiger partial charge on any atom is 0.185 e. The smallest absolute Gasteiger partial charge is 0.185 e. The molecule has 2 aliphatic rings. The number of aromatic hydroxyl groups is 1. The Kier molecular flexibility index (Phi) is 4.62. The fourth-order valence-corrected chi connectivity index (χ4v) is 4.68. The fraction of sp³-hybridized carbons (Fsp3) is 0.429. The second-order valence-electron chi connectivity index (χ2n) is 8.62. The average Bonchev–Trinajstić information content (AvgIpc) is 3.34. The summed E-state index contributed by atoms with van der Waals surface area (Å²) in [5.74, 6) is 0.163. The van der Waals surface area contributed by atoms with Crippen molar-refractivity contribution in [3.05, 3.63) is 42.6 Å². The highest BCUT2D eigenvalue weighted by Crippen LogP contribution is 2.39. The van der Waals surface area contributed by atoms with Gasteiger partial charge in [0.05, 0.1) is 35.9 Å². The topological polar surface area (TPSA) is 92.0 Å². The SMILES string of the molecule is CN(c1cnc(-c2ccc(-n3cc(F)cn3)cc2O)nn1)[C@H]1C[C@]2(C)CCC(N2)[C@H]1F. The van der Waals surface area contributed by atoms with Crippen molar-refractivity contribution >= 4 is 5.82 Å². The van der Waals surface area contributed by atoms with Crippen LogP contribution in [-0.4, -0.2) is 60.9 Å². The minimum Gasteiger partial charge on any atom is -0.507 e. The van der Waals surface area contributed by atoms with Gasteiger partial charge in [0.1, 0.15) is 11.9 Å². The Labute approximate surface area is 177 Å². The molecule has 5 rings (SSSR count). The fourth-order valence-electron chi connectivity index (χ4n) is 4.68. The van der Waals surface area contributed by atoms with Crippen LogP contribution in [0.25, 0.3) is 17.1 Å². The van der Waals surface area contributed by atoms with E-state index in [9.17, 15) is 13.9 Å². The molecule has 0 radical (unpaired) electrons. The molecule has 31 heavy (non-hydrogen) atoms. The minimum absolute atomic E-state index is 0.0575. The van der Waals surface area contributed by atoms with Gasteiger partial charge in [-0.3, -0.25) is 0 Å². The van der Waals surface area contributed by atoms with Crippen LogP contribution in [0.5, 0.6) is 5.75 Å². The van der Waals surface area contributed by atoms with Crippen LogP contribution in [0.4, 0.5) is 14.6 Å². The predicted octanol–water partition coefficient (Wildman–Crippen LogP) is 2.63. The van der Waals surface area contributed by atoms with Crippen LogP contribution in [0, 0.1) is 5.82 Å². The maximum atomic E-state index is 15.0. The third-order valence-corrected chi connectivity index (χ3v) is 6.40. The quantitative estimate of drug-likeness (QED) is 0.661. The molecule has 0 saturated carbocycles. The van der Waals surface area contributed by atoms with E-state index in [0.717, 1.165) is 19.0 Å². The lowest BCUT2D eigenvalue weighted by molar-refractivity contribution is 0.144. The zero-order chi connectivity index (χ0) is 21.8. The van der Waals surface area contributed by atoms with Gasteiger partial charge in [0.25, 0.3) is 0 Å². The summed E-state index contributed by atoms with van der Waals surface area (Å²) in [6.07, 6.45) is 5.33. The van der Waals surface area contributed by atoms with Crippen molar-refractivity contribution in [2.24, 2.45) is 0 Å². The number of nitrogens with one attached hydrogen (secondary N) is 1. The lowest BCUT2D eigenvalue weighted by atomic mass is 9.87. The molecule has 0 spiro atoms. The summed E-state index contributed by atoms with van der Waals surface area (Å²) in [5, 5.41) is 26.1. The number of nitrogens with zero attached hydrogens (tertiary/aromatic N) is 6. The Hall–Kier alpha value is -3.14. The summed E-state index contributed by atoms with van der Waals surface area (Å²) < 4.78 is 29.5. The van der Waals surface area contributed by atoms with Gasteiger partial charge >= 0.3 is 0 Å². The summed E-state index contributed by atoms with van der Waals surface area (Å²) >= 11 is 0. The highest BCUT2D eigenvalue weighted by Gasteiger charge is 2.49. The molecular weight excluding hydrogens is 404 g/mol. The van der Waals surface area contributed by atoms with Crippen LogP contribution in [0.15, 0.2) is 36.8 Å². The number of hydrogen-bond acceptors (Lipinski definition) is 7. The molecule has 2 bridgehead atoms. The average molecular weight is 427 g/mol. The van der Waals surface area contributed by atoms with Gasteiger partial charge in [-0.15, -0.1) is 10.2 Å². The van der Waals surface area contributed by atoms with E-state index >= 15 is 0 Å². The van der Waals surface area contributed by atoms with Crippen LogP contribution >= 0.6 is 0 Å². The van der Waals surface area contributed by atoms with E-state index < -0.39 is 12.0 Å². The third-order valence-electron chi connectivity index (χ3n) is 6.40. The molecule has 2 fully saturated rings. The largest absolute Gasteiger partial charge is 0.507 e. The molecule has 3 aromatic rings. The Morgan fingerprint density at radius 1 is 1.29 bits per heavy atom. The molecule has 1 unspecified atom stereocenters. The van der Waals surface area contributed by atoms with Crippen LogP contribution in [-0.2, 0) is 0 Å². The first-order valence-electron chi connectivity index (χ1n) is 10.2. The van der Waals surface area contributed by atoms with Crippen molar-refractivity contribution in [1.29, 1.82) is 0 Å². The van der Waals surface area contributed by atoms with Crippen molar-refractivity contribution < 1.29 is 13.9 Å².